The van der Waals surface area contributed by atoms with E-state index in [-0.39, 0.29) is 5.69 Å². The van der Waals surface area contributed by atoms with Gasteiger partial charge in [0.05, 0.1) is 6.10 Å². The van der Waals surface area contributed by atoms with Crippen LogP contribution in [-0.2, 0) is 10.9 Å². The van der Waals surface area contributed by atoms with Gasteiger partial charge < -0.3 is 4.74 Å². The van der Waals surface area contributed by atoms with E-state index < -0.39 is 23.9 Å². The minimum absolute atomic E-state index is 0.379. The highest BCUT2D eigenvalue weighted by molar-refractivity contribution is 5.87. The Morgan fingerprint density at radius 2 is 2.13 bits per heavy atom. The van der Waals surface area contributed by atoms with Gasteiger partial charge in [-0.25, -0.2) is 4.79 Å². The molecule has 0 aliphatic heterocycles. The second-order valence-electron chi connectivity index (χ2n) is 3.12. The summed E-state index contributed by atoms with van der Waals surface area (Å²) in [4.78, 5) is 11.1. The van der Waals surface area contributed by atoms with Gasteiger partial charge in [0, 0.05) is 6.07 Å². The molecule has 0 saturated heterocycles. The molecule has 4 nitrogen and oxygen atoms in total. The molecule has 1 rings (SSSR count). The van der Waals surface area contributed by atoms with Gasteiger partial charge in [-0.1, -0.05) is 0 Å². The minimum Gasteiger partial charge on any atom is -0.458 e. The van der Waals surface area contributed by atoms with Crippen LogP contribution in [0.5, 0.6) is 0 Å². The lowest BCUT2D eigenvalue weighted by Gasteiger charge is -2.04. The third-order valence-corrected chi connectivity index (χ3v) is 1.44. The number of esters is 1. The van der Waals surface area contributed by atoms with Crippen molar-refractivity contribution in [3.8, 4) is 0 Å². The number of ether oxygens (including phenoxy) is 1. The summed E-state index contributed by atoms with van der Waals surface area (Å²) in [5, 5.41) is 4.94. The van der Waals surface area contributed by atoms with Gasteiger partial charge in [0.15, 0.2) is 5.69 Å². The second-order valence-corrected chi connectivity index (χ2v) is 3.12. The number of rotatable bonds is 2. The molecule has 0 saturated carbocycles. The molecule has 84 valence electrons. The average molecular weight is 222 g/mol. The first-order valence-electron chi connectivity index (χ1n) is 4.14. The molecular formula is C8H9F3N2O2. The summed E-state index contributed by atoms with van der Waals surface area (Å²) in [7, 11) is 0. The third-order valence-electron chi connectivity index (χ3n) is 1.44. The lowest BCUT2D eigenvalue weighted by atomic mass is 10.3. The van der Waals surface area contributed by atoms with E-state index in [1.165, 1.54) is 0 Å². The van der Waals surface area contributed by atoms with Crippen LogP contribution in [-0.4, -0.2) is 22.3 Å². The Morgan fingerprint density at radius 3 is 2.53 bits per heavy atom. The first kappa shape index (κ1) is 11.5. The Bertz CT molecular complexity index is 357. The number of nitrogens with one attached hydrogen (secondary N) is 1. The molecule has 0 amide bonds. The van der Waals surface area contributed by atoms with E-state index in [1.54, 1.807) is 18.9 Å². The van der Waals surface area contributed by atoms with Crippen molar-refractivity contribution in [3.63, 3.8) is 0 Å². The van der Waals surface area contributed by atoms with Crippen LogP contribution >= 0.6 is 0 Å². The number of halogens is 3. The maximum Gasteiger partial charge on any atom is 0.432 e. The van der Waals surface area contributed by atoms with Crippen molar-refractivity contribution in [1.82, 2.24) is 10.2 Å². The van der Waals surface area contributed by atoms with Crippen LogP contribution in [0.25, 0.3) is 0 Å². The van der Waals surface area contributed by atoms with Gasteiger partial charge in [0.25, 0.3) is 0 Å². The number of carbonyl (C=O) groups is 1. The van der Waals surface area contributed by atoms with Crippen LogP contribution in [0, 0.1) is 0 Å². The first-order valence-corrected chi connectivity index (χ1v) is 4.14. The molecule has 7 heteroatoms. The van der Waals surface area contributed by atoms with Crippen molar-refractivity contribution in [2.45, 2.75) is 26.1 Å². The van der Waals surface area contributed by atoms with E-state index in [0.717, 1.165) is 0 Å². The molecule has 0 bridgehead atoms. The van der Waals surface area contributed by atoms with Crippen LogP contribution in [0.15, 0.2) is 6.07 Å². The van der Waals surface area contributed by atoms with Crippen molar-refractivity contribution < 1.29 is 22.7 Å². The van der Waals surface area contributed by atoms with Gasteiger partial charge in [-0.3, -0.25) is 5.10 Å². The van der Waals surface area contributed by atoms with Crippen molar-refractivity contribution in [3.05, 3.63) is 17.5 Å². The average Bonchev–Trinajstić information content (AvgIpc) is 2.48. The summed E-state index contributed by atoms with van der Waals surface area (Å²) >= 11 is 0. The van der Waals surface area contributed by atoms with Gasteiger partial charge in [0.1, 0.15) is 5.69 Å². The van der Waals surface area contributed by atoms with Crippen LogP contribution < -0.4 is 0 Å². The quantitative estimate of drug-likeness (QED) is 0.778. The molecule has 1 N–H and O–H groups in total. The molecule has 1 heterocycles. The largest absolute Gasteiger partial charge is 0.458 e. The van der Waals surface area contributed by atoms with E-state index in [1.807, 2.05) is 0 Å². The Morgan fingerprint density at radius 1 is 1.53 bits per heavy atom. The van der Waals surface area contributed by atoms with Gasteiger partial charge in [-0.15, -0.1) is 0 Å². The molecule has 1 aromatic heterocycles. The fourth-order valence-electron chi connectivity index (χ4n) is 0.846. The Balaban J connectivity index is 2.81. The molecule has 0 radical (unpaired) electrons. The standard InChI is InChI=1S/C8H9F3N2O2/c1-4(2)15-7(14)5-3-6(13-12-5)8(9,10)11/h3-4H,1-2H3,(H,12,13). The van der Waals surface area contributed by atoms with Crippen molar-refractivity contribution >= 4 is 5.97 Å². The molecule has 0 spiro atoms. The number of aromatic amines is 1. The number of H-pyrrole nitrogens is 1. The molecule has 15 heavy (non-hydrogen) atoms. The number of aromatic nitrogens is 2. The van der Waals surface area contributed by atoms with Crippen LogP contribution in [0.1, 0.15) is 30.0 Å². The molecule has 0 aliphatic rings. The summed E-state index contributed by atoms with van der Waals surface area (Å²) in [5.74, 6) is -0.878. The zero-order chi connectivity index (χ0) is 11.6. The summed E-state index contributed by atoms with van der Waals surface area (Å²) < 4.78 is 41.0. The van der Waals surface area contributed by atoms with Crippen molar-refractivity contribution in [2.75, 3.05) is 0 Å². The molecular weight excluding hydrogens is 213 g/mol. The van der Waals surface area contributed by atoms with Crippen molar-refractivity contribution in [1.29, 1.82) is 0 Å². The van der Waals surface area contributed by atoms with E-state index in [4.69, 9.17) is 0 Å². The van der Waals surface area contributed by atoms with E-state index >= 15 is 0 Å². The summed E-state index contributed by atoms with van der Waals surface area (Å²) in [6.07, 6.45) is -4.94. The van der Waals surface area contributed by atoms with Gasteiger partial charge in [-0.05, 0) is 13.8 Å². The van der Waals surface area contributed by atoms with Gasteiger partial charge in [-0.2, -0.15) is 18.3 Å². The highest BCUT2D eigenvalue weighted by atomic mass is 19.4. The Kier molecular flexibility index (Phi) is 3.01. The highest BCUT2D eigenvalue weighted by Crippen LogP contribution is 2.27. The zero-order valence-electron chi connectivity index (χ0n) is 8.05. The zero-order valence-corrected chi connectivity index (χ0v) is 8.05. The van der Waals surface area contributed by atoms with Gasteiger partial charge in [0.2, 0.25) is 0 Å². The highest BCUT2D eigenvalue weighted by Gasteiger charge is 2.34. The summed E-state index contributed by atoms with van der Waals surface area (Å²) in [5.41, 5.74) is -1.45. The minimum atomic E-state index is -4.54. The molecule has 1 aromatic rings. The van der Waals surface area contributed by atoms with E-state index in [0.29, 0.717) is 6.07 Å². The molecule has 0 aliphatic carbocycles. The number of hydrogen-bond acceptors (Lipinski definition) is 3. The Hall–Kier alpha value is -1.53. The number of nitrogens with zero attached hydrogens (tertiary/aromatic N) is 1. The van der Waals surface area contributed by atoms with Crippen LogP contribution in [0.2, 0.25) is 0 Å². The predicted molar refractivity (Wildman–Crippen MR) is 44.1 cm³/mol. The lowest BCUT2D eigenvalue weighted by molar-refractivity contribution is -0.141. The maximum absolute atomic E-state index is 12.1. The first-order chi connectivity index (χ1) is 6.80. The SMILES string of the molecule is CC(C)OC(=O)c1cc(C(F)(F)F)[nH]n1. The molecule has 0 fully saturated rings. The second kappa shape index (κ2) is 3.92. The summed E-state index contributed by atoms with van der Waals surface area (Å²) in [6.45, 7) is 3.18. The Labute approximate surface area is 83.4 Å². The van der Waals surface area contributed by atoms with Crippen LogP contribution in [0.3, 0.4) is 0 Å². The smallest absolute Gasteiger partial charge is 0.432 e. The normalized spacial score (nSPS) is 11.9. The molecule has 0 atom stereocenters. The summed E-state index contributed by atoms with van der Waals surface area (Å²) in [6, 6.07) is 0.616. The van der Waals surface area contributed by atoms with Gasteiger partial charge >= 0.3 is 12.1 Å². The third kappa shape index (κ3) is 2.97. The van der Waals surface area contributed by atoms with E-state index in [2.05, 4.69) is 9.84 Å². The number of carbonyl (C=O) groups excluding carboxylic acids is 1. The fourth-order valence-corrected chi connectivity index (χ4v) is 0.846. The topological polar surface area (TPSA) is 55.0 Å². The predicted octanol–water partition coefficient (Wildman–Crippen LogP) is 1.99. The lowest BCUT2D eigenvalue weighted by Crippen LogP contribution is -2.11. The number of hydrogen-bond donors (Lipinski definition) is 1. The van der Waals surface area contributed by atoms with E-state index in [9.17, 15) is 18.0 Å². The number of alkyl halides is 3. The molecule has 0 aromatic carbocycles. The monoisotopic (exact) mass is 222 g/mol. The van der Waals surface area contributed by atoms with Crippen LogP contribution in [0.4, 0.5) is 13.2 Å². The maximum atomic E-state index is 12.1. The van der Waals surface area contributed by atoms with Crippen molar-refractivity contribution in [2.24, 2.45) is 0 Å². The molecule has 0 unspecified atom stereocenters. The fraction of sp³-hybridized carbons (Fsp3) is 0.500.